The van der Waals surface area contributed by atoms with E-state index in [9.17, 15) is 0 Å². The summed E-state index contributed by atoms with van der Waals surface area (Å²) >= 11 is 0. The number of allylic oxidation sites excluding steroid dienone is 16. The first-order valence-corrected chi connectivity index (χ1v) is 10.1. The van der Waals surface area contributed by atoms with Gasteiger partial charge in [0.25, 0.3) is 0 Å². The van der Waals surface area contributed by atoms with Crippen molar-refractivity contribution in [1.29, 1.82) is 0 Å². The summed E-state index contributed by atoms with van der Waals surface area (Å²) < 4.78 is 0. The van der Waals surface area contributed by atoms with Crippen LogP contribution in [0.5, 0.6) is 0 Å². The molecule has 1 aliphatic carbocycles. The molecule has 1 aliphatic rings. The van der Waals surface area contributed by atoms with Crippen LogP contribution < -0.4 is 0 Å². The molecule has 0 aromatic rings. The number of hydrogen-bond donors (Lipinski definition) is 0. The van der Waals surface area contributed by atoms with E-state index in [1.54, 1.807) is 5.57 Å². The second-order valence-electron chi connectivity index (χ2n) is 8.24. The predicted molar refractivity (Wildman–Crippen MR) is 124 cm³/mol. The van der Waals surface area contributed by atoms with Gasteiger partial charge < -0.3 is 0 Å². The van der Waals surface area contributed by atoms with Crippen molar-refractivity contribution in [1.82, 2.24) is 0 Å². The molecule has 0 heterocycles. The maximum absolute atomic E-state index is 2.37. The summed E-state index contributed by atoms with van der Waals surface area (Å²) in [5.74, 6) is 0. The Bertz CT molecular complexity index is 722. The Hall–Kier alpha value is -2.08. The highest BCUT2D eigenvalue weighted by atomic mass is 14.3. The zero-order valence-corrected chi connectivity index (χ0v) is 18.5. The molecule has 0 bridgehead atoms. The highest BCUT2D eigenvalue weighted by molar-refractivity contribution is 5.37. The van der Waals surface area contributed by atoms with Crippen LogP contribution in [-0.4, -0.2) is 0 Å². The minimum absolute atomic E-state index is 0.306. The van der Waals surface area contributed by atoms with E-state index in [2.05, 4.69) is 108 Å². The molecule has 0 aliphatic heterocycles. The van der Waals surface area contributed by atoms with Crippen molar-refractivity contribution < 1.29 is 0 Å². The third-order valence-electron chi connectivity index (χ3n) is 5.03. The van der Waals surface area contributed by atoms with E-state index in [-0.39, 0.29) is 0 Å². The fraction of sp³-hybridized carbons (Fsp3) is 0.407. The molecule has 0 atom stereocenters. The van der Waals surface area contributed by atoms with Crippen LogP contribution in [0.3, 0.4) is 0 Å². The summed E-state index contributed by atoms with van der Waals surface area (Å²) in [6, 6.07) is 0. The van der Waals surface area contributed by atoms with E-state index >= 15 is 0 Å². The zero-order chi connectivity index (χ0) is 20.3. The van der Waals surface area contributed by atoms with E-state index in [0.29, 0.717) is 5.41 Å². The number of hydrogen-bond acceptors (Lipinski definition) is 0. The average Bonchev–Trinajstić information content (AvgIpc) is 2.58. The van der Waals surface area contributed by atoms with E-state index in [1.165, 1.54) is 41.6 Å². The van der Waals surface area contributed by atoms with Gasteiger partial charge in [0.15, 0.2) is 0 Å². The summed E-state index contributed by atoms with van der Waals surface area (Å²) in [4.78, 5) is 0. The summed E-state index contributed by atoms with van der Waals surface area (Å²) in [6.07, 6.45) is 27.5. The van der Waals surface area contributed by atoms with Gasteiger partial charge in [0.1, 0.15) is 0 Å². The lowest BCUT2D eigenvalue weighted by atomic mass is 9.72. The predicted octanol–water partition coefficient (Wildman–Crippen LogP) is 8.60. The van der Waals surface area contributed by atoms with Crippen LogP contribution in [0.2, 0.25) is 0 Å². The van der Waals surface area contributed by atoms with Gasteiger partial charge in [-0.25, -0.2) is 0 Å². The van der Waals surface area contributed by atoms with Gasteiger partial charge in [-0.1, -0.05) is 103 Å². The van der Waals surface area contributed by atoms with Gasteiger partial charge in [-0.15, -0.1) is 0 Å². The van der Waals surface area contributed by atoms with Gasteiger partial charge >= 0.3 is 0 Å². The highest BCUT2D eigenvalue weighted by Crippen LogP contribution is 2.40. The Balaban J connectivity index is 2.69. The van der Waals surface area contributed by atoms with Crippen LogP contribution in [-0.2, 0) is 0 Å². The SMILES string of the molecule is C/C=C/C(C)=C/C=C/C=C(C)/C=C/C=C(C)/C=C/C1=C(C)CCCC1(C)C. The smallest absolute Gasteiger partial charge is 0.0104 e. The van der Waals surface area contributed by atoms with Crippen molar-refractivity contribution in [3.05, 3.63) is 94.7 Å². The molecular weight excluding hydrogens is 324 g/mol. The van der Waals surface area contributed by atoms with E-state index in [4.69, 9.17) is 0 Å². The molecule has 0 aromatic carbocycles. The Kier molecular flexibility index (Phi) is 9.86. The molecule has 1 rings (SSSR count). The van der Waals surface area contributed by atoms with Crippen LogP contribution in [0, 0.1) is 5.41 Å². The molecule has 27 heavy (non-hydrogen) atoms. The third-order valence-corrected chi connectivity index (χ3v) is 5.03. The summed E-state index contributed by atoms with van der Waals surface area (Å²) in [5.41, 5.74) is 7.15. The average molecular weight is 363 g/mol. The molecule has 0 amide bonds. The summed E-state index contributed by atoms with van der Waals surface area (Å²) in [5, 5.41) is 0. The highest BCUT2D eigenvalue weighted by Gasteiger charge is 2.26. The zero-order valence-electron chi connectivity index (χ0n) is 18.5. The second-order valence-corrected chi connectivity index (χ2v) is 8.24. The van der Waals surface area contributed by atoms with Gasteiger partial charge in [0.05, 0.1) is 0 Å². The Morgan fingerprint density at radius 2 is 1.37 bits per heavy atom. The van der Waals surface area contributed by atoms with E-state index < -0.39 is 0 Å². The molecule has 0 fully saturated rings. The van der Waals surface area contributed by atoms with Crippen LogP contribution in [0.1, 0.15) is 67.7 Å². The molecule has 146 valence electrons. The molecular formula is C27H38. The third kappa shape index (κ3) is 8.91. The van der Waals surface area contributed by atoms with Crippen molar-refractivity contribution in [3.63, 3.8) is 0 Å². The van der Waals surface area contributed by atoms with Crippen molar-refractivity contribution in [2.24, 2.45) is 5.41 Å². The fourth-order valence-corrected chi connectivity index (χ4v) is 3.42. The van der Waals surface area contributed by atoms with Crippen LogP contribution >= 0.6 is 0 Å². The van der Waals surface area contributed by atoms with Crippen LogP contribution in [0.4, 0.5) is 0 Å². The van der Waals surface area contributed by atoms with Gasteiger partial charge in [-0.3, -0.25) is 0 Å². The number of rotatable bonds is 7. The molecule has 0 N–H and O–H groups in total. The summed E-state index contributed by atoms with van der Waals surface area (Å²) in [6.45, 7) is 15.5. The fourth-order valence-electron chi connectivity index (χ4n) is 3.42. The molecule has 0 spiro atoms. The van der Waals surface area contributed by atoms with E-state index in [1.807, 2.05) is 6.92 Å². The van der Waals surface area contributed by atoms with Gasteiger partial charge in [0, 0.05) is 0 Å². The topological polar surface area (TPSA) is 0 Å². The van der Waals surface area contributed by atoms with Crippen LogP contribution in [0.15, 0.2) is 94.7 Å². The molecule has 0 heteroatoms. The Morgan fingerprint density at radius 1 is 0.815 bits per heavy atom. The lowest BCUT2D eigenvalue weighted by molar-refractivity contribution is 0.377. The van der Waals surface area contributed by atoms with E-state index in [0.717, 1.165) is 0 Å². The quantitative estimate of drug-likeness (QED) is 0.398. The maximum Gasteiger partial charge on any atom is -0.0104 e. The van der Waals surface area contributed by atoms with Gasteiger partial charge in [-0.05, 0) is 64.9 Å². The van der Waals surface area contributed by atoms with Crippen molar-refractivity contribution in [2.75, 3.05) is 0 Å². The Morgan fingerprint density at radius 3 is 1.96 bits per heavy atom. The van der Waals surface area contributed by atoms with Crippen molar-refractivity contribution in [3.8, 4) is 0 Å². The lowest BCUT2D eigenvalue weighted by Gasteiger charge is -2.32. The van der Waals surface area contributed by atoms with Crippen molar-refractivity contribution >= 4 is 0 Å². The first-order chi connectivity index (χ1) is 12.8. The first-order valence-electron chi connectivity index (χ1n) is 10.1. The minimum Gasteiger partial charge on any atom is -0.0874 e. The maximum atomic E-state index is 2.37. The largest absolute Gasteiger partial charge is 0.0874 e. The first kappa shape index (κ1) is 23.0. The molecule has 0 aromatic heterocycles. The minimum atomic E-state index is 0.306. The molecule has 0 nitrogen and oxygen atoms in total. The lowest BCUT2D eigenvalue weighted by Crippen LogP contribution is -2.19. The second kappa shape index (κ2) is 11.6. The molecule has 0 saturated carbocycles. The summed E-state index contributed by atoms with van der Waals surface area (Å²) in [7, 11) is 0. The molecule has 0 radical (unpaired) electrons. The normalized spacial score (nSPS) is 20.2. The molecule has 0 saturated heterocycles. The Labute approximate surface area is 168 Å². The monoisotopic (exact) mass is 362 g/mol. The standard InChI is InChI=1S/C27H38/c1-8-13-22(2)14-9-10-15-23(3)16-11-17-24(4)19-20-26-25(5)18-12-21-27(26,6)7/h8-11,13-17,19-20H,12,18,21H2,1-7H3/b10-9+,13-8+,16-11+,20-19+,22-14+,23-15+,24-17+. The molecule has 0 unspecified atom stereocenters. The van der Waals surface area contributed by atoms with Gasteiger partial charge in [-0.2, -0.15) is 0 Å². The van der Waals surface area contributed by atoms with Gasteiger partial charge in [0.2, 0.25) is 0 Å². The van der Waals surface area contributed by atoms with Crippen LogP contribution in [0.25, 0.3) is 0 Å². The van der Waals surface area contributed by atoms with Crippen molar-refractivity contribution in [2.45, 2.75) is 67.7 Å².